The van der Waals surface area contributed by atoms with Gasteiger partial charge in [-0.3, -0.25) is 9.59 Å². The molecule has 0 aliphatic heterocycles. The van der Waals surface area contributed by atoms with Crippen molar-refractivity contribution in [3.63, 3.8) is 0 Å². The SMILES string of the molecule is CN(C(=O)c1cnc[nH]c1=O)c1ccccc1. The third kappa shape index (κ3) is 2.23. The summed E-state index contributed by atoms with van der Waals surface area (Å²) >= 11 is 0. The summed E-state index contributed by atoms with van der Waals surface area (Å²) in [5, 5.41) is 0. The summed E-state index contributed by atoms with van der Waals surface area (Å²) in [6.45, 7) is 0. The maximum absolute atomic E-state index is 12.0. The van der Waals surface area contributed by atoms with Crippen molar-refractivity contribution in [2.45, 2.75) is 0 Å². The first kappa shape index (κ1) is 11.1. The number of H-pyrrole nitrogens is 1. The highest BCUT2D eigenvalue weighted by Gasteiger charge is 2.16. The normalized spacial score (nSPS) is 9.94. The van der Waals surface area contributed by atoms with Crippen molar-refractivity contribution in [3.05, 3.63) is 58.8 Å². The molecule has 0 aliphatic rings. The molecule has 0 spiro atoms. The molecule has 2 rings (SSSR count). The van der Waals surface area contributed by atoms with Gasteiger partial charge in [0.05, 0.1) is 6.33 Å². The Morgan fingerprint density at radius 2 is 2.00 bits per heavy atom. The van der Waals surface area contributed by atoms with Crippen LogP contribution in [0.2, 0.25) is 0 Å². The van der Waals surface area contributed by atoms with E-state index < -0.39 is 5.56 Å². The molecule has 86 valence electrons. The van der Waals surface area contributed by atoms with E-state index in [1.165, 1.54) is 17.4 Å². The molecular weight excluding hydrogens is 218 g/mol. The molecule has 0 unspecified atom stereocenters. The summed E-state index contributed by atoms with van der Waals surface area (Å²) in [4.78, 5) is 31.0. The minimum atomic E-state index is -0.437. The number of aromatic amines is 1. The minimum Gasteiger partial charge on any atom is -0.312 e. The fourth-order valence-electron chi connectivity index (χ4n) is 1.45. The van der Waals surface area contributed by atoms with Crippen molar-refractivity contribution in [1.29, 1.82) is 0 Å². The van der Waals surface area contributed by atoms with Crippen molar-refractivity contribution in [2.75, 3.05) is 11.9 Å². The Balaban J connectivity index is 2.34. The minimum absolute atomic E-state index is 0.0267. The molecule has 0 aliphatic carbocycles. The van der Waals surface area contributed by atoms with Crippen LogP contribution in [0.15, 0.2) is 47.7 Å². The number of carbonyl (C=O) groups excluding carboxylic acids is 1. The molecule has 17 heavy (non-hydrogen) atoms. The van der Waals surface area contributed by atoms with Crippen LogP contribution >= 0.6 is 0 Å². The highest BCUT2D eigenvalue weighted by molar-refractivity contribution is 6.05. The van der Waals surface area contributed by atoms with Gasteiger partial charge in [-0.2, -0.15) is 0 Å². The van der Waals surface area contributed by atoms with Gasteiger partial charge < -0.3 is 9.88 Å². The van der Waals surface area contributed by atoms with Crippen molar-refractivity contribution in [2.24, 2.45) is 0 Å². The van der Waals surface area contributed by atoms with Gasteiger partial charge in [0.15, 0.2) is 0 Å². The molecule has 1 aromatic carbocycles. The lowest BCUT2D eigenvalue weighted by molar-refractivity contribution is 0.0991. The zero-order valence-corrected chi connectivity index (χ0v) is 9.25. The summed E-state index contributed by atoms with van der Waals surface area (Å²) in [7, 11) is 1.62. The largest absolute Gasteiger partial charge is 0.312 e. The third-order valence-corrected chi connectivity index (χ3v) is 2.40. The number of aromatic nitrogens is 2. The molecule has 5 nitrogen and oxygen atoms in total. The van der Waals surface area contributed by atoms with E-state index in [0.29, 0.717) is 0 Å². The maximum Gasteiger partial charge on any atom is 0.265 e. The Kier molecular flexibility index (Phi) is 3.00. The molecule has 1 aromatic heterocycles. The van der Waals surface area contributed by atoms with Crippen LogP contribution in [0.1, 0.15) is 10.4 Å². The summed E-state index contributed by atoms with van der Waals surface area (Å²) in [6, 6.07) is 9.10. The van der Waals surface area contributed by atoms with Crippen molar-refractivity contribution >= 4 is 11.6 Å². The molecule has 1 heterocycles. The van der Waals surface area contributed by atoms with Crippen LogP contribution in [0.4, 0.5) is 5.69 Å². The molecule has 0 bridgehead atoms. The van der Waals surface area contributed by atoms with Crippen LogP contribution in [0.5, 0.6) is 0 Å². The van der Waals surface area contributed by atoms with Crippen molar-refractivity contribution < 1.29 is 4.79 Å². The smallest absolute Gasteiger partial charge is 0.265 e. The molecule has 0 atom stereocenters. The molecule has 0 radical (unpaired) electrons. The Labute approximate surface area is 97.7 Å². The second-order valence-electron chi connectivity index (χ2n) is 3.49. The topological polar surface area (TPSA) is 66.1 Å². The molecule has 2 aromatic rings. The van der Waals surface area contributed by atoms with Gasteiger partial charge >= 0.3 is 0 Å². The van der Waals surface area contributed by atoms with E-state index >= 15 is 0 Å². The van der Waals surface area contributed by atoms with Gasteiger partial charge in [0.25, 0.3) is 11.5 Å². The Morgan fingerprint density at radius 1 is 1.29 bits per heavy atom. The van der Waals surface area contributed by atoms with E-state index in [-0.39, 0.29) is 11.5 Å². The van der Waals surface area contributed by atoms with Gasteiger partial charge in [-0.15, -0.1) is 0 Å². The predicted octanol–water partition coefficient (Wildman–Crippen LogP) is 1.05. The van der Waals surface area contributed by atoms with E-state index in [9.17, 15) is 9.59 Å². The fourth-order valence-corrected chi connectivity index (χ4v) is 1.45. The average molecular weight is 229 g/mol. The Bertz CT molecular complexity index is 578. The van der Waals surface area contributed by atoms with Gasteiger partial charge in [0.2, 0.25) is 0 Å². The molecule has 1 amide bonds. The zero-order chi connectivity index (χ0) is 12.3. The molecule has 0 saturated heterocycles. The summed E-state index contributed by atoms with van der Waals surface area (Å²) in [5.41, 5.74) is 0.312. The zero-order valence-electron chi connectivity index (χ0n) is 9.25. The van der Waals surface area contributed by atoms with E-state index in [4.69, 9.17) is 0 Å². The van der Waals surface area contributed by atoms with Crippen LogP contribution in [0.25, 0.3) is 0 Å². The number of para-hydroxylation sites is 1. The van der Waals surface area contributed by atoms with Gasteiger partial charge in [-0.05, 0) is 12.1 Å². The van der Waals surface area contributed by atoms with E-state index in [0.717, 1.165) is 5.69 Å². The van der Waals surface area contributed by atoms with Crippen LogP contribution < -0.4 is 10.5 Å². The second kappa shape index (κ2) is 4.61. The number of nitrogens with one attached hydrogen (secondary N) is 1. The Morgan fingerprint density at radius 3 is 2.65 bits per heavy atom. The number of nitrogens with zero attached hydrogens (tertiary/aromatic N) is 2. The number of hydrogen-bond acceptors (Lipinski definition) is 3. The predicted molar refractivity (Wildman–Crippen MR) is 64.0 cm³/mol. The lowest BCUT2D eigenvalue weighted by atomic mass is 10.2. The lowest BCUT2D eigenvalue weighted by Gasteiger charge is -2.16. The number of carbonyl (C=O) groups is 1. The van der Waals surface area contributed by atoms with Crippen LogP contribution in [0, 0.1) is 0 Å². The average Bonchev–Trinajstić information content (AvgIpc) is 2.39. The standard InChI is InChI=1S/C12H11N3O2/c1-15(9-5-3-2-4-6-9)12(17)10-7-13-8-14-11(10)16/h2-8H,1H3,(H,13,14,16). The van der Waals surface area contributed by atoms with E-state index in [1.54, 1.807) is 19.2 Å². The molecule has 0 saturated carbocycles. The monoisotopic (exact) mass is 229 g/mol. The van der Waals surface area contributed by atoms with Gasteiger partial charge in [-0.25, -0.2) is 4.98 Å². The maximum atomic E-state index is 12.0. The molecule has 5 heteroatoms. The van der Waals surface area contributed by atoms with Gasteiger partial charge in [0, 0.05) is 18.9 Å². The Hall–Kier alpha value is -2.43. The number of hydrogen-bond donors (Lipinski definition) is 1. The third-order valence-electron chi connectivity index (χ3n) is 2.40. The van der Waals surface area contributed by atoms with Gasteiger partial charge in [0.1, 0.15) is 5.56 Å². The number of anilines is 1. The first-order valence-corrected chi connectivity index (χ1v) is 5.06. The molecule has 1 N–H and O–H groups in total. The lowest BCUT2D eigenvalue weighted by Crippen LogP contribution is -2.31. The first-order valence-electron chi connectivity index (χ1n) is 5.06. The highest BCUT2D eigenvalue weighted by atomic mass is 16.2. The van der Waals surface area contributed by atoms with E-state index in [2.05, 4.69) is 9.97 Å². The molecule has 0 fully saturated rings. The molecular formula is C12H11N3O2. The first-order chi connectivity index (χ1) is 8.20. The van der Waals surface area contributed by atoms with Gasteiger partial charge in [-0.1, -0.05) is 18.2 Å². The number of rotatable bonds is 2. The highest BCUT2D eigenvalue weighted by Crippen LogP contribution is 2.12. The van der Waals surface area contributed by atoms with Crippen LogP contribution in [0.3, 0.4) is 0 Å². The fraction of sp³-hybridized carbons (Fsp3) is 0.0833. The summed E-state index contributed by atoms with van der Waals surface area (Å²) in [5.74, 6) is -0.384. The number of amides is 1. The summed E-state index contributed by atoms with van der Waals surface area (Å²) in [6.07, 6.45) is 2.52. The quantitative estimate of drug-likeness (QED) is 0.836. The van der Waals surface area contributed by atoms with Crippen LogP contribution in [-0.4, -0.2) is 22.9 Å². The van der Waals surface area contributed by atoms with Crippen LogP contribution in [-0.2, 0) is 0 Å². The van der Waals surface area contributed by atoms with Crippen molar-refractivity contribution in [1.82, 2.24) is 9.97 Å². The summed E-state index contributed by atoms with van der Waals surface area (Å²) < 4.78 is 0. The second-order valence-corrected chi connectivity index (χ2v) is 3.49. The van der Waals surface area contributed by atoms with Crippen molar-refractivity contribution in [3.8, 4) is 0 Å². The van der Waals surface area contributed by atoms with E-state index in [1.807, 2.05) is 18.2 Å². The number of benzene rings is 1.